The van der Waals surface area contributed by atoms with Gasteiger partial charge < -0.3 is 10.7 Å². The number of aromatic nitrogens is 1. The van der Waals surface area contributed by atoms with Crippen LogP contribution in [0.15, 0.2) is 223 Å². The van der Waals surface area contributed by atoms with Gasteiger partial charge in [-0.15, -0.1) is 0 Å². The molecule has 0 fully saturated rings. The van der Waals surface area contributed by atoms with Gasteiger partial charge in [-0.05, 0) is 87.1 Å². The van der Waals surface area contributed by atoms with E-state index >= 15 is 0 Å². The molecule has 0 aliphatic heterocycles. The Labute approximate surface area is 337 Å². The van der Waals surface area contributed by atoms with Crippen LogP contribution < -0.4 is 5.32 Å². The van der Waals surface area contributed by atoms with Gasteiger partial charge in [-0.25, -0.2) is 4.99 Å². The van der Waals surface area contributed by atoms with Crippen molar-refractivity contribution in [1.29, 1.82) is 5.41 Å². The zero-order valence-electron chi connectivity index (χ0n) is 31.7. The summed E-state index contributed by atoms with van der Waals surface area (Å²) in [6.45, 7) is 0. The lowest BCUT2D eigenvalue weighted by Crippen LogP contribution is -2.03. The molecule has 0 saturated carbocycles. The monoisotopic (exact) mass is 742 g/mol. The summed E-state index contributed by atoms with van der Waals surface area (Å²) in [5.74, 6) is 0. The van der Waals surface area contributed by atoms with Crippen LogP contribution in [-0.2, 0) is 0 Å². The van der Waals surface area contributed by atoms with Gasteiger partial charge in [0, 0.05) is 38.8 Å². The topological polar surface area (TPSA) is 53.2 Å². The molecule has 8 aromatic carbocycles. The first-order valence-corrected chi connectivity index (χ1v) is 19.5. The molecule has 0 spiro atoms. The summed E-state index contributed by atoms with van der Waals surface area (Å²) in [4.78, 5) is 5.24. The van der Waals surface area contributed by atoms with E-state index in [9.17, 15) is 0 Å². The molecule has 4 heteroatoms. The molecule has 10 rings (SSSR count). The lowest BCUT2D eigenvalue weighted by atomic mass is 9.96. The minimum atomic E-state index is 0.431. The number of nitrogens with one attached hydrogen (secondary N) is 2. The maximum atomic E-state index is 8.87. The number of hydrogen-bond donors (Lipinski definition) is 2. The van der Waals surface area contributed by atoms with Crippen molar-refractivity contribution < 1.29 is 0 Å². The summed E-state index contributed by atoms with van der Waals surface area (Å²) in [6, 6.07) is 66.2. The van der Waals surface area contributed by atoms with E-state index < -0.39 is 0 Å². The molecule has 2 N–H and O–H groups in total. The van der Waals surface area contributed by atoms with Gasteiger partial charge in [0.15, 0.2) is 0 Å². The summed E-state index contributed by atoms with van der Waals surface area (Å²) in [5, 5.41) is 17.2. The van der Waals surface area contributed by atoms with Gasteiger partial charge in [-0.2, -0.15) is 0 Å². The third kappa shape index (κ3) is 6.53. The van der Waals surface area contributed by atoms with Crippen LogP contribution in [-0.4, -0.2) is 16.6 Å². The first-order chi connectivity index (χ1) is 28.7. The van der Waals surface area contributed by atoms with Crippen molar-refractivity contribution in [3.8, 4) is 33.4 Å². The van der Waals surface area contributed by atoms with Crippen molar-refractivity contribution in [3.63, 3.8) is 0 Å². The Hall–Kier alpha value is -7.82. The van der Waals surface area contributed by atoms with E-state index in [0.29, 0.717) is 5.71 Å². The molecule has 0 amide bonds. The lowest BCUT2D eigenvalue weighted by molar-refractivity contribution is 1.30. The van der Waals surface area contributed by atoms with Gasteiger partial charge in [-0.1, -0.05) is 164 Å². The van der Waals surface area contributed by atoms with Crippen LogP contribution in [0.2, 0.25) is 0 Å². The second kappa shape index (κ2) is 15.0. The molecule has 1 aliphatic carbocycles. The number of aliphatic imine (C=N–C) groups is 1. The lowest BCUT2D eigenvalue weighted by Gasteiger charge is -2.13. The van der Waals surface area contributed by atoms with Crippen molar-refractivity contribution in [1.82, 2.24) is 4.57 Å². The van der Waals surface area contributed by atoms with Gasteiger partial charge in [0.25, 0.3) is 0 Å². The minimum absolute atomic E-state index is 0.431. The zero-order valence-corrected chi connectivity index (χ0v) is 31.7. The van der Waals surface area contributed by atoms with Crippen LogP contribution in [0.1, 0.15) is 5.56 Å². The Balaban J connectivity index is 1.10. The Morgan fingerprint density at radius 3 is 2.02 bits per heavy atom. The molecule has 274 valence electrons. The van der Waals surface area contributed by atoms with E-state index in [1.54, 1.807) is 0 Å². The number of hydrogen-bond acceptors (Lipinski definition) is 3. The molecule has 4 nitrogen and oxygen atoms in total. The fraction of sp³-hybridized carbons (Fsp3) is 0. The van der Waals surface area contributed by atoms with Gasteiger partial charge in [0.05, 0.1) is 22.4 Å². The third-order valence-electron chi connectivity index (χ3n) is 10.9. The quantitative estimate of drug-likeness (QED) is 0.118. The average molecular weight is 743 g/mol. The normalized spacial score (nSPS) is 13.6. The van der Waals surface area contributed by atoms with Crippen LogP contribution in [0.4, 0.5) is 11.4 Å². The average Bonchev–Trinajstić information content (AvgIpc) is 3.61. The van der Waals surface area contributed by atoms with Crippen LogP contribution >= 0.6 is 0 Å². The maximum Gasteiger partial charge on any atom is 0.100 e. The summed E-state index contributed by atoms with van der Waals surface area (Å²) in [5.41, 5.74) is 14.0. The molecular weight excluding hydrogens is 705 g/mol. The molecule has 1 aromatic heterocycles. The van der Waals surface area contributed by atoms with E-state index in [0.717, 1.165) is 78.0 Å². The molecule has 9 aromatic rings. The van der Waals surface area contributed by atoms with Crippen LogP contribution in [0.3, 0.4) is 0 Å². The van der Waals surface area contributed by atoms with E-state index in [1.165, 1.54) is 16.2 Å². The summed E-state index contributed by atoms with van der Waals surface area (Å²) >= 11 is 0. The van der Waals surface area contributed by atoms with Gasteiger partial charge in [0.1, 0.15) is 6.34 Å². The van der Waals surface area contributed by atoms with E-state index in [2.05, 4.69) is 174 Å². The molecule has 0 bridgehead atoms. The first-order valence-electron chi connectivity index (χ1n) is 19.5. The Kier molecular flexibility index (Phi) is 8.97. The zero-order chi connectivity index (χ0) is 38.8. The number of para-hydroxylation sites is 2. The SMILES string of the molecule is N=C1C=CC=C/C1=C(/N=Cn1c2ccc(-c3cccc(-c4ccccc4Nc4ccccc4)c3)cc2c2c3ccccc3ccc21)c1ccc(-c2ccccc2)cc1. The molecule has 58 heavy (non-hydrogen) atoms. The van der Waals surface area contributed by atoms with E-state index in [-0.39, 0.29) is 0 Å². The van der Waals surface area contributed by atoms with Gasteiger partial charge in [0.2, 0.25) is 0 Å². The number of fused-ring (bicyclic) bond motifs is 5. The molecule has 1 heterocycles. The van der Waals surface area contributed by atoms with Crippen molar-refractivity contribution in [2.24, 2.45) is 4.99 Å². The highest BCUT2D eigenvalue weighted by molar-refractivity contribution is 6.23. The predicted molar refractivity (Wildman–Crippen MR) is 246 cm³/mol. The molecule has 0 unspecified atom stereocenters. The van der Waals surface area contributed by atoms with Crippen LogP contribution in [0, 0.1) is 5.41 Å². The Morgan fingerprint density at radius 2 is 1.17 bits per heavy atom. The van der Waals surface area contributed by atoms with Crippen molar-refractivity contribution in [3.05, 3.63) is 223 Å². The molecular formula is C54H38N4. The Bertz CT molecular complexity index is 3130. The summed E-state index contributed by atoms with van der Waals surface area (Å²) < 4.78 is 2.20. The summed E-state index contributed by atoms with van der Waals surface area (Å²) in [7, 11) is 0. The third-order valence-corrected chi connectivity index (χ3v) is 10.9. The molecule has 1 aliphatic rings. The number of anilines is 2. The van der Waals surface area contributed by atoms with Crippen LogP contribution in [0.5, 0.6) is 0 Å². The highest BCUT2D eigenvalue weighted by Crippen LogP contribution is 2.39. The van der Waals surface area contributed by atoms with E-state index in [4.69, 9.17) is 10.4 Å². The number of nitrogens with zero attached hydrogens (tertiary/aromatic N) is 2. The predicted octanol–water partition coefficient (Wildman–Crippen LogP) is 14.1. The molecule has 0 saturated heterocycles. The minimum Gasteiger partial charge on any atom is -0.355 e. The first kappa shape index (κ1) is 34.7. The standard InChI is InChI=1S/C54H38N4/c55-49-24-11-9-23-47(49)54(40-28-26-38(27-29-40)37-14-3-1-4-15-37)56-36-58-51-32-31-42(35-48(51)53-46-22-8-7-16-39(46)30-33-52(53)58)41-17-13-18-43(34-41)45-21-10-12-25-50(45)57-44-19-5-2-6-20-44/h1-36,55,57H/b54-47-,55-49?,56-36?. The smallest absolute Gasteiger partial charge is 0.100 e. The Morgan fingerprint density at radius 1 is 0.517 bits per heavy atom. The van der Waals surface area contributed by atoms with Gasteiger partial charge in [-0.3, -0.25) is 4.57 Å². The van der Waals surface area contributed by atoms with Crippen molar-refractivity contribution >= 4 is 61.7 Å². The summed E-state index contributed by atoms with van der Waals surface area (Å²) in [6.07, 6.45) is 9.62. The molecule has 0 radical (unpaired) electrons. The second-order valence-electron chi connectivity index (χ2n) is 14.5. The number of rotatable bonds is 8. The highest BCUT2D eigenvalue weighted by Gasteiger charge is 2.17. The highest BCUT2D eigenvalue weighted by atomic mass is 15.0. The fourth-order valence-electron chi connectivity index (χ4n) is 8.07. The fourth-order valence-corrected chi connectivity index (χ4v) is 8.07. The van der Waals surface area contributed by atoms with Crippen molar-refractivity contribution in [2.45, 2.75) is 0 Å². The van der Waals surface area contributed by atoms with Crippen molar-refractivity contribution in [2.75, 3.05) is 5.32 Å². The van der Waals surface area contributed by atoms with E-state index in [1.807, 2.05) is 54.9 Å². The maximum absolute atomic E-state index is 8.87. The van der Waals surface area contributed by atoms with Crippen LogP contribution in [0.25, 0.3) is 71.7 Å². The number of allylic oxidation sites excluding steroid dienone is 5. The molecule has 0 atom stereocenters. The number of benzene rings is 8. The second-order valence-corrected chi connectivity index (χ2v) is 14.5. The largest absolute Gasteiger partial charge is 0.355 e. The van der Waals surface area contributed by atoms with Gasteiger partial charge >= 0.3 is 0 Å².